The van der Waals surface area contributed by atoms with Crippen molar-refractivity contribution in [1.82, 2.24) is 9.97 Å². The van der Waals surface area contributed by atoms with E-state index in [1.165, 1.54) is 0 Å². The molecule has 0 bridgehead atoms. The molecule has 1 aliphatic carbocycles. The number of carbonyl (C=O) groups is 1. The van der Waals surface area contributed by atoms with Crippen LogP contribution in [0.25, 0.3) is 0 Å². The van der Waals surface area contributed by atoms with E-state index >= 15 is 0 Å². The molecule has 4 nitrogen and oxygen atoms in total. The van der Waals surface area contributed by atoms with Gasteiger partial charge in [-0.1, -0.05) is 20.8 Å². The first-order valence-corrected chi connectivity index (χ1v) is 5.99. The van der Waals surface area contributed by atoms with Crippen LogP contribution in [0.2, 0.25) is 0 Å². The molecule has 0 aliphatic heterocycles. The quantitative estimate of drug-likeness (QED) is 0.868. The van der Waals surface area contributed by atoms with Crippen LogP contribution in [0, 0.1) is 5.92 Å². The van der Waals surface area contributed by atoms with Gasteiger partial charge in [-0.3, -0.25) is 4.79 Å². The van der Waals surface area contributed by atoms with Crippen molar-refractivity contribution in [3.8, 4) is 0 Å². The Morgan fingerprint density at radius 2 is 1.88 bits per heavy atom. The maximum absolute atomic E-state index is 11.2. The van der Waals surface area contributed by atoms with Crippen molar-refractivity contribution < 1.29 is 9.90 Å². The molecule has 1 N–H and O–H groups in total. The Labute approximate surface area is 101 Å². The molecule has 2 rings (SSSR count). The fourth-order valence-electron chi connectivity index (χ4n) is 2.03. The second kappa shape index (κ2) is 4.09. The maximum atomic E-state index is 11.2. The van der Waals surface area contributed by atoms with Crippen LogP contribution in [0.1, 0.15) is 50.9 Å². The van der Waals surface area contributed by atoms with Gasteiger partial charge in [0.2, 0.25) is 0 Å². The molecule has 0 spiro atoms. The molecule has 1 saturated carbocycles. The number of hydrogen-bond acceptors (Lipinski definition) is 3. The Hall–Kier alpha value is -1.45. The van der Waals surface area contributed by atoms with Gasteiger partial charge in [0.15, 0.2) is 0 Å². The van der Waals surface area contributed by atoms with Gasteiger partial charge in [0, 0.05) is 23.4 Å². The third-order valence-corrected chi connectivity index (χ3v) is 3.50. The van der Waals surface area contributed by atoms with Crippen LogP contribution in [-0.2, 0) is 10.2 Å². The van der Waals surface area contributed by atoms with Gasteiger partial charge in [0.1, 0.15) is 5.82 Å². The van der Waals surface area contributed by atoms with Crippen LogP contribution < -0.4 is 0 Å². The largest absolute Gasteiger partial charge is 0.481 e. The van der Waals surface area contributed by atoms with Crippen LogP contribution in [0.4, 0.5) is 0 Å². The number of carboxylic acid groups (broad SMARTS) is 1. The monoisotopic (exact) mass is 234 g/mol. The number of nitrogens with zero attached hydrogens (tertiary/aromatic N) is 2. The average molecular weight is 234 g/mol. The fourth-order valence-corrected chi connectivity index (χ4v) is 2.03. The zero-order valence-corrected chi connectivity index (χ0v) is 10.5. The molecule has 0 amide bonds. The molecular formula is C13H18N2O2. The Balaban J connectivity index is 2.24. The van der Waals surface area contributed by atoms with E-state index in [0.717, 1.165) is 18.7 Å². The summed E-state index contributed by atoms with van der Waals surface area (Å²) in [6.07, 6.45) is 5.59. The van der Waals surface area contributed by atoms with E-state index in [4.69, 9.17) is 0 Å². The first-order chi connectivity index (χ1) is 7.94. The number of hydrogen-bond donors (Lipinski definition) is 1. The normalized spacial score (nSPS) is 19.1. The van der Waals surface area contributed by atoms with Gasteiger partial charge in [0.25, 0.3) is 0 Å². The van der Waals surface area contributed by atoms with Crippen molar-refractivity contribution in [3.63, 3.8) is 0 Å². The molecule has 0 aromatic carbocycles. The lowest BCUT2D eigenvalue weighted by Crippen LogP contribution is -2.18. The molecule has 1 atom stereocenters. The summed E-state index contributed by atoms with van der Waals surface area (Å²) in [6.45, 7) is 5.93. The Morgan fingerprint density at radius 1 is 1.35 bits per heavy atom. The van der Waals surface area contributed by atoms with Gasteiger partial charge < -0.3 is 5.11 Å². The second-order valence-corrected chi connectivity index (χ2v) is 5.46. The summed E-state index contributed by atoms with van der Waals surface area (Å²) in [5, 5.41) is 9.18. The Kier molecular flexibility index (Phi) is 2.89. The SMILES string of the molecule is CC(C)[C@H](C(=O)O)c1cnc(C2(C)CC2)nc1. The molecule has 17 heavy (non-hydrogen) atoms. The molecule has 0 saturated heterocycles. The third-order valence-electron chi connectivity index (χ3n) is 3.50. The topological polar surface area (TPSA) is 63.1 Å². The van der Waals surface area contributed by atoms with Crippen molar-refractivity contribution >= 4 is 5.97 Å². The lowest BCUT2D eigenvalue weighted by Gasteiger charge is -2.16. The predicted molar refractivity (Wildman–Crippen MR) is 63.8 cm³/mol. The molecule has 1 aliphatic rings. The van der Waals surface area contributed by atoms with Crippen molar-refractivity contribution in [1.29, 1.82) is 0 Å². The van der Waals surface area contributed by atoms with Crippen LogP contribution in [0.3, 0.4) is 0 Å². The van der Waals surface area contributed by atoms with E-state index in [1.807, 2.05) is 13.8 Å². The summed E-state index contributed by atoms with van der Waals surface area (Å²) in [6, 6.07) is 0. The Bertz CT molecular complexity index is 422. The summed E-state index contributed by atoms with van der Waals surface area (Å²) in [5.41, 5.74) is 0.829. The molecular weight excluding hydrogens is 216 g/mol. The minimum atomic E-state index is -0.811. The van der Waals surface area contributed by atoms with Gasteiger partial charge in [-0.15, -0.1) is 0 Å². The Morgan fingerprint density at radius 3 is 2.24 bits per heavy atom. The van der Waals surface area contributed by atoms with E-state index in [0.29, 0.717) is 5.56 Å². The van der Waals surface area contributed by atoms with E-state index in [-0.39, 0.29) is 11.3 Å². The van der Waals surface area contributed by atoms with Crippen molar-refractivity contribution in [2.75, 3.05) is 0 Å². The molecule has 1 heterocycles. The number of aromatic nitrogens is 2. The van der Waals surface area contributed by atoms with Crippen molar-refractivity contribution in [2.45, 2.75) is 44.9 Å². The smallest absolute Gasteiger partial charge is 0.311 e. The van der Waals surface area contributed by atoms with Crippen LogP contribution in [-0.4, -0.2) is 21.0 Å². The van der Waals surface area contributed by atoms with Crippen molar-refractivity contribution in [2.24, 2.45) is 5.92 Å². The number of aliphatic carboxylic acids is 1. The highest BCUT2D eigenvalue weighted by molar-refractivity contribution is 5.76. The lowest BCUT2D eigenvalue weighted by molar-refractivity contribution is -0.139. The van der Waals surface area contributed by atoms with Crippen LogP contribution >= 0.6 is 0 Å². The van der Waals surface area contributed by atoms with E-state index < -0.39 is 11.9 Å². The highest BCUT2D eigenvalue weighted by Crippen LogP contribution is 2.45. The summed E-state index contributed by atoms with van der Waals surface area (Å²) in [7, 11) is 0. The van der Waals surface area contributed by atoms with Gasteiger partial charge in [-0.05, 0) is 18.8 Å². The van der Waals surface area contributed by atoms with E-state index in [9.17, 15) is 9.90 Å². The van der Waals surface area contributed by atoms with Crippen LogP contribution in [0.15, 0.2) is 12.4 Å². The van der Waals surface area contributed by atoms with E-state index in [2.05, 4.69) is 16.9 Å². The minimum absolute atomic E-state index is 0.0402. The summed E-state index contributed by atoms with van der Waals surface area (Å²) in [5.74, 6) is -0.447. The standard InChI is InChI=1S/C13H18N2O2/c1-8(2)10(11(16)17)9-6-14-12(15-7-9)13(3)4-5-13/h6-8,10H,4-5H2,1-3H3,(H,16,17)/t10-/m0/s1. The molecule has 4 heteroatoms. The molecule has 0 unspecified atom stereocenters. The summed E-state index contributed by atoms with van der Waals surface area (Å²) < 4.78 is 0. The molecule has 0 radical (unpaired) electrons. The minimum Gasteiger partial charge on any atom is -0.481 e. The van der Waals surface area contributed by atoms with Gasteiger partial charge >= 0.3 is 5.97 Å². The van der Waals surface area contributed by atoms with Gasteiger partial charge in [0.05, 0.1) is 5.92 Å². The highest BCUT2D eigenvalue weighted by Gasteiger charge is 2.42. The summed E-state index contributed by atoms with van der Waals surface area (Å²) >= 11 is 0. The van der Waals surface area contributed by atoms with Crippen molar-refractivity contribution in [3.05, 3.63) is 23.8 Å². The molecule has 1 aromatic rings. The molecule has 1 fully saturated rings. The predicted octanol–water partition coefficient (Wildman–Crippen LogP) is 2.35. The number of rotatable bonds is 4. The third kappa shape index (κ3) is 2.30. The average Bonchev–Trinajstić information content (AvgIpc) is 2.97. The fraction of sp³-hybridized carbons (Fsp3) is 0.615. The first-order valence-electron chi connectivity index (χ1n) is 5.99. The zero-order chi connectivity index (χ0) is 12.6. The first kappa shape index (κ1) is 12.0. The maximum Gasteiger partial charge on any atom is 0.311 e. The zero-order valence-electron chi connectivity index (χ0n) is 10.5. The van der Waals surface area contributed by atoms with Gasteiger partial charge in [-0.2, -0.15) is 0 Å². The second-order valence-electron chi connectivity index (χ2n) is 5.46. The molecule has 92 valence electrons. The lowest BCUT2D eigenvalue weighted by atomic mass is 9.90. The van der Waals surface area contributed by atoms with E-state index in [1.54, 1.807) is 12.4 Å². The number of carboxylic acids is 1. The highest BCUT2D eigenvalue weighted by atomic mass is 16.4. The van der Waals surface area contributed by atoms with Crippen LogP contribution in [0.5, 0.6) is 0 Å². The molecule has 1 aromatic heterocycles. The van der Waals surface area contributed by atoms with Gasteiger partial charge in [-0.25, -0.2) is 9.97 Å². The summed E-state index contributed by atoms with van der Waals surface area (Å²) in [4.78, 5) is 19.8.